The summed E-state index contributed by atoms with van der Waals surface area (Å²) in [5.41, 5.74) is 1.17. The Labute approximate surface area is 148 Å². The summed E-state index contributed by atoms with van der Waals surface area (Å²) in [6.45, 7) is 5.72. The molecule has 1 atom stereocenters. The molecule has 0 N–H and O–H groups in total. The summed E-state index contributed by atoms with van der Waals surface area (Å²) in [5.74, 6) is -1.75. The van der Waals surface area contributed by atoms with E-state index >= 15 is 0 Å². The van der Waals surface area contributed by atoms with Crippen LogP contribution < -0.4 is 5.56 Å². The van der Waals surface area contributed by atoms with Crippen molar-refractivity contribution in [3.8, 4) is 0 Å². The lowest BCUT2D eigenvalue weighted by atomic mass is 10.1. The van der Waals surface area contributed by atoms with Gasteiger partial charge in [0, 0.05) is 11.3 Å². The number of nitrogens with zero attached hydrogens (tertiary/aromatic N) is 2. The second kappa shape index (κ2) is 6.96. The van der Waals surface area contributed by atoms with E-state index in [1.807, 2.05) is 32.9 Å². The number of hydrogen-bond acceptors (Lipinski definition) is 3. The van der Waals surface area contributed by atoms with E-state index in [2.05, 4.69) is 4.98 Å². The van der Waals surface area contributed by atoms with Gasteiger partial charge in [0.1, 0.15) is 0 Å². The van der Waals surface area contributed by atoms with Crippen LogP contribution in [0, 0.1) is 11.6 Å². The van der Waals surface area contributed by atoms with Gasteiger partial charge in [-0.1, -0.05) is 30.0 Å². The van der Waals surface area contributed by atoms with Gasteiger partial charge in [-0.3, -0.25) is 9.36 Å². The SMILES string of the molecule is CC(Sc1nc2ccccc2c(=O)n1C(C)C)c1ccc(F)c(F)c1. The van der Waals surface area contributed by atoms with Crippen molar-refractivity contribution >= 4 is 22.7 Å². The predicted molar refractivity (Wildman–Crippen MR) is 97.0 cm³/mol. The second-order valence-electron chi connectivity index (χ2n) is 6.11. The fraction of sp³-hybridized carbons (Fsp3) is 0.263. The highest BCUT2D eigenvalue weighted by atomic mass is 32.2. The lowest BCUT2D eigenvalue weighted by Gasteiger charge is -2.19. The van der Waals surface area contributed by atoms with Crippen molar-refractivity contribution < 1.29 is 8.78 Å². The van der Waals surface area contributed by atoms with Gasteiger partial charge < -0.3 is 0 Å². The van der Waals surface area contributed by atoms with Crippen LogP contribution in [0.1, 0.15) is 37.6 Å². The van der Waals surface area contributed by atoms with E-state index in [0.717, 1.165) is 6.07 Å². The largest absolute Gasteiger partial charge is 0.285 e. The molecule has 3 aromatic rings. The van der Waals surface area contributed by atoms with Crippen molar-refractivity contribution in [2.45, 2.75) is 37.2 Å². The zero-order valence-electron chi connectivity index (χ0n) is 14.2. The Balaban J connectivity index is 2.06. The van der Waals surface area contributed by atoms with E-state index in [4.69, 9.17) is 0 Å². The molecule has 0 aliphatic rings. The Hall–Kier alpha value is -2.21. The maximum atomic E-state index is 13.5. The highest BCUT2D eigenvalue weighted by Crippen LogP contribution is 2.35. The Morgan fingerprint density at radius 1 is 1.04 bits per heavy atom. The number of para-hydroxylation sites is 1. The van der Waals surface area contributed by atoms with Crippen molar-refractivity contribution in [3.05, 3.63) is 70.0 Å². The lowest BCUT2D eigenvalue weighted by Crippen LogP contribution is -2.25. The third kappa shape index (κ3) is 3.44. The number of rotatable bonds is 4. The summed E-state index contributed by atoms with van der Waals surface area (Å²) in [5, 5.41) is 0.949. The molecule has 130 valence electrons. The van der Waals surface area contributed by atoms with Crippen LogP contribution in [0.4, 0.5) is 8.78 Å². The number of benzene rings is 2. The number of hydrogen-bond donors (Lipinski definition) is 0. The first-order valence-corrected chi connectivity index (χ1v) is 8.89. The Morgan fingerprint density at radius 2 is 1.76 bits per heavy atom. The molecule has 3 rings (SSSR count). The van der Waals surface area contributed by atoms with E-state index in [1.165, 1.54) is 17.8 Å². The first-order chi connectivity index (χ1) is 11.9. The van der Waals surface area contributed by atoms with E-state index in [-0.39, 0.29) is 16.9 Å². The van der Waals surface area contributed by atoms with Gasteiger partial charge in [-0.25, -0.2) is 13.8 Å². The third-order valence-electron chi connectivity index (χ3n) is 3.99. The highest BCUT2D eigenvalue weighted by molar-refractivity contribution is 7.99. The molecule has 0 fully saturated rings. The minimum atomic E-state index is -0.877. The molecule has 3 nitrogen and oxygen atoms in total. The van der Waals surface area contributed by atoms with E-state index in [9.17, 15) is 13.6 Å². The predicted octanol–water partition coefficient (Wildman–Crippen LogP) is 5.11. The molecule has 0 saturated heterocycles. The van der Waals surface area contributed by atoms with Crippen LogP contribution in [0.5, 0.6) is 0 Å². The fourth-order valence-electron chi connectivity index (χ4n) is 2.66. The van der Waals surface area contributed by atoms with Gasteiger partial charge in [-0.15, -0.1) is 0 Å². The van der Waals surface area contributed by atoms with Crippen LogP contribution in [0.3, 0.4) is 0 Å². The summed E-state index contributed by atoms with van der Waals surface area (Å²) >= 11 is 1.36. The number of thioether (sulfide) groups is 1. The molecule has 0 spiro atoms. The Kier molecular flexibility index (Phi) is 4.90. The van der Waals surface area contributed by atoms with Crippen molar-refractivity contribution in [2.24, 2.45) is 0 Å². The second-order valence-corrected chi connectivity index (χ2v) is 7.42. The summed E-state index contributed by atoms with van der Waals surface area (Å²) in [6, 6.07) is 11.0. The summed E-state index contributed by atoms with van der Waals surface area (Å²) < 4.78 is 28.3. The minimum Gasteiger partial charge on any atom is -0.285 e. The standard InChI is InChI=1S/C19H18F2N2OS/c1-11(2)23-18(24)14-6-4-5-7-17(14)22-19(23)25-12(3)13-8-9-15(20)16(21)10-13/h4-12H,1-3H3. The van der Waals surface area contributed by atoms with E-state index in [0.29, 0.717) is 21.6 Å². The maximum Gasteiger partial charge on any atom is 0.262 e. The number of halogens is 2. The summed E-state index contributed by atoms with van der Waals surface area (Å²) in [6.07, 6.45) is 0. The maximum absolute atomic E-state index is 13.5. The number of fused-ring (bicyclic) bond motifs is 1. The fourth-order valence-corrected chi connectivity index (χ4v) is 3.81. The monoisotopic (exact) mass is 360 g/mol. The zero-order valence-corrected chi connectivity index (χ0v) is 15.0. The molecule has 6 heteroatoms. The van der Waals surface area contributed by atoms with Gasteiger partial charge in [0.25, 0.3) is 5.56 Å². The van der Waals surface area contributed by atoms with Crippen LogP contribution in [-0.2, 0) is 0 Å². The molecule has 0 bridgehead atoms. The molecule has 0 saturated carbocycles. The summed E-state index contributed by atoms with van der Waals surface area (Å²) in [7, 11) is 0. The van der Waals surface area contributed by atoms with Gasteiger partial charge >= 0.3 is 0 Å². The van der Waals surface area contributed by atoms with Gasteiger partial charge in [0.2, 0.25) is 0 Å². The van der Waals surface area contributed by atoms with Crippen LogP contribution in [0.25, 0.3) is 10.9 Å². The van der Waals surface area contributed by atoms with Gasteiger partial charge in [0.15, 0.2) is 16.8 Å². The molecule has 0 aliphatic heterocycles. The van der Waals surface area contributed by atoms with Crippen molar-refractivity contribution in [1.29, 1.82) is 0 Å². The van der Waals surface area contributed by atoms with Crippen molar-refractivity contribution in [3.63, 3.8) is 0 Å². The Morgan fingerprint density at radius 3 is 2.44 bits per heavy atom. The van der Waals surface area contributed by atoms with Crippen LogP contribution >= 0.6 is 11.8 Å². The van der Waals surface area contributed by atoms with E-state index in [1.54, 1.807) is 22.8 Å². The molecular weight excluding hydrogens is 342 g/mol. The molecule has 0 radical (unpaired) electrons. The smallest absolute Gasteiger partial charge is 0.262 e. The molecule has 1 heterocycles. The highest BCUT2D eigenvalue weighted by Gasteiger charge is 2.18. The molecule has 2 aromatic carbocycles. The molecule has 0 aliphatic carbocycles. The summed E-state index contributed by atoms with van der Waals surface area (Å²) in [4.78, 5) is 17.4. The van der Waals surface area contributed by atoms with E-state index < -0.39 is 11.6 Å². The topological polar surface area (TPSA) is 34.9 Å². The van der Waals surface area contributed by atoms with Crippen molar-refractivity contribution in [2.75, 3.05) is 0 Å². The molecule has 1 aromatic heterocycles. The Bertz CT molecular complexity index is 985. The van der Waals surface area contributed by atoms with Crippen LogP contribution in [-0.4, -0.2) is 9.55 Å². The van der Waals surface area contributed by atoms with Crippen LogP contribution in [0.15, 0.2) is 52.4 Å². The molecular formula is C19H18F2N2OS. The van der Waals surface area contributed by atoms with Gasteiger partial charge in [-0.2, -0.15) is 0 Å². The zero-order chi connectivity index (χ0) is 18.1. The average molecular weight is 360 g/mol. The van der Waals surface area contributed by atoms with Crippen molar-refractivity contribution in [1.82, 2.24) is 9.55 Å². The number of aromatic nitrogens is 2. The molecule has 1 unspecified atom stereocenters. The first-order valence-electron chi connectivity index (χ1n) is 8.01. The quantitative estimate of drug-likeness (QED) is 0.479. The normalized spacial score (nSPS) is 12.7. The molecule has 0 amide bonds. The average Bonchev–Trinajstić information content (AvgIpc) is 2.57. The first kappa shape index (κ1) is 17.6. The third-order valence-corrected chi connectivity index (χ3v) is 5.11. The van der Waals surface area contributed by atoms with Gasteiger partial charge in [-0.05, 0) is 50.6 Å². The van der Waals surface area contributed by atoms with Gasteiger partial charge in [0.05, 0.1) is 10.9 Å². The lowest BCUT2D eigenvalue weighted by molar-refractivity contribution is 0.507. The minimum absolute atomic E-state index is 0.0655. The molecule has 25 heavy (non-hydrogen) atoms. The van der Waals surface area contributed by atoms with Crippen LogP contribution in [0.2, 0.25) is 0 Å².